The van der Waals surface area contributed by atoms with Crippen molar-refractivity contribution in [3.63, 3.8) is 0 Å². The summed E-state index contributed by atoms with van der Waals surface area (Å²) in [6, 6.07) is 2.08. The fourth-order valence-corrected chi connectivity index (χ4v) is 2.95. The Morgan fingerprint density at radius 2 is 2.15 bits per heavy atom. The summed E-state index contributed by atoms with van der Waals surface area (Å²) in [6.45, 7) is 2.94. The van der Waals surface area contributed by atoms with Crippen molar-refractivity contribution < 1.29 is 9.53 Å². The van der Waals surface area contributed by atoms with Gasteiger partial charge in [-0.3, -0.25) is 0 Å². The summed E-state index contributed by atoms with van der Waals surface area (Å²) in [5.74, 6) is 0.299. The lowest BCUT2D eigenvalue weighted by Gasteiger charge is -2.35. The minimum atomic E-state index is -0.411. The first-order valence-corrected chi connectivity index (χ1v) is 7.28. The number of nitrogens with two attached hydrogens (primary N) is 1. The van der Waals surface area contributed by atoms with E-state index in [2.05, 4.69) is 16.8 Å². The van der Waals surface area contributed by atoms with Crippen LogP contribution in [0.4, 0.5) is 11.5 Å². The molecule has 0 radical (unpaired) electrons. The third-order valence-corrected chi connectivity index (χ3v) is 4.00. The molecule has 0 atom stereocenters. The number of aromatic nitrogens is 1. The topological polar surface area (TPSA) is 68.5 Å². The molecule has 0 spiro atoms. The Morgan fingerprint density at radius 1 is 1.45 bits per heavy atom. The van der Waals surface area contributed by atoms with Gasteiger partial charge in [0, 0.05) is 18.8 Å². The standard InChI is InChI=1S/C15H23N3O2/c1-3-18(11-7-5-4-6-8-11)14-13(16)12(9-10-17-14)15(19)20-2/h9-11H,3-8,16H2,1-2H3. The van der Waals surface area contributed by atoms with Gasteiger partial charge in [-0.25, -0.2) is 9.78 Å². The highest BCUT2D eigenvalue weighted by atomic mass is 16.5. The molecule has 5 heteroatoms. The largest absolute Gasteiger partial charge is 0.465 e. The Balaban J connectivity index is 2.31. The van der Waals surface area contributed by atoms with Gasteiger partial charge in [-0.2, -0.15) is 0 Å². The number of esters is 1. The SMILES string of the molecule is CCN(c1nccc(C(=O)OC)c1N)C1CCCCC1. The van der Waals surface area contributed by atoms with Crippen LogP contribution in [0.15, 0.2) is 12.3 Å². The van der Waals surface area contributed by atoms with Crippen LogP contribution < -0.4 is 10.6 Å². The van der Waals surface area contributed by atoms with Crippen LogP contribution >= 0.6 is 0 Å². The number of rotatable bonds is 4. The van der Waals surface area contributed by atoms with Crippen LogP contribution in [-0.4, -0.2) is 30.6 Å². The summed E-state index contributed by atoms with van der Waals surface area (Å²) in [5, 5.41) is 0. The first-order valence-electron chi connectivity index (χ1n) is 7.28. The molecule has 0 bridgehead atoms. The van der Waals surface area contributed by atoms with Crippen molar-refractivity contribution in [1.82, 2.24) is 4.98 Å². The Kier molecular flexibility index (Phi) is 4.82. The zero-order chi connectivity index (χ0) is 14.5. The summed E-state index contributed by atoms with van der Waals surface area (Å²) in [7, 11) is 1.36. The zero-order valence-electron chi connectivity index (χ0n) is 12.3. The molecule has 110 valence electrons. The Bertz CT molecular complexity index is 470. The summed E-state index contributed by atoms with van der Waals surface area (Å²) in [6.07, 6.45) is 7.76. The molecule has 1 aliphatic rings. The second kappa shape index (κ2) is 6.59. The predicted octanol–water partition coefficient (Wildman–Crippen LogP) is 2.61. The van der Waals surface area contributed by atoms with Gasteiger partial charge in [-0.15, -0.1) is 0 Å². The van der Waals surface area contributed by atoms with Crippen molar-refractivity contribution in [3.8, 4) is 0 Å². The average Bonchev–Trinajstić information content (AvgIpc) is 2.50. The van der Waals surface area contributed by atoms with Crippen molar-refractivity contribution in [2.45, 2.75) is 45.1 Å². The van der Waals surface area contributed by atoms with Crippen molar-refractivity contribution in [3.05, 3.63) is 17.8 Å². The van der Waals surface area contributed by atoms with Gasteiger partial charge in [-0.05, 0) is 25.8 Å². The summed E-state index contributed by atoms with van der Waals surface area (Å²) in [4.78, 5) is 18.3. The first-order chi connectivity index (χ1) is 9.69. The van der Waals surface area contributed by atoms with E-state index in [1.807, 2.05) is 0 Å². The lowest BCUT2D eigenvalue weighted by atomic mass is 9.94. The third-order valence-electron chi connectivity index (χ3n) is 4.00. The molecule has 0 aromatic carbocycles. The highest BCUT2D eigenvalue weighted by Gasteiger charge is 2.24. The number of anilines is 2. The van der Waals surface area contributed by atoms with E-state index < -0.39 is 5.97 Å². The van der Waals surface area contributed by atoms with Crippen LogP contribution in [0.3, 0.4) is 0 Å². The molecule has 1 aromatic heterocycles. The van der Waals surface area contributed by atoms with Crippen LogP contribution in [0.25, 0.3) is 0 Å². The molecule has 2 rings (SSSR count). The van der Waals surface area contributed by atoms with Crippen molar-refractivity contribution in [2.24, 2.45) is 0 Å². The maximum atomic E-state index is 11.7. The molecule has 0 amide bonds. The quantitative estimate of drug-likeness (QED) is 0.857. The van der Waals surface area contributed by atoms with Crippen molar-refractivity contribution in [1.29, 1.82) is 0 Å². The first kappa shape index (κ1) is 14.6. The number of nitrogens with zero attached hydrogens (tertiary/aromatic N) is 2. The Morgan fingerprint density at radius 3 is 2.75 bits per heavy atom. The van der Waals surface area contributed by atoms with Crippen LogP contribution in [-0.2, 0) is 4.74 Å². The maximum Gasteiger partial charge on any atom is 0.340 e. The van der Waals surface area contributed by atoms with E-state index in [1.54, 1.807) is 12.3 Å². The molecule has 1 aromatic rings. The average molecular weight is 277 g/mol. The smallest absolute Gasteiger partial charge is 0.340 e. The molecule has 1 saturated carbocycles. The van der Waals surface area contributed by atoms with Gasteiger partial charge in [0.1, 0.15) is 0 Å². The van der Waals surface area contributed by atoms with Gasteiger partial charge in [0.05, 0.1) is 18.4 Å². The molecular weight excluding hydrogens is 254 g/mol. The number of hydrogen-bond donors (Lipinski definition) is 1. The molecule has 20 heavy (non-hydrogen) atoms. The van der Waals surface area contributed by atoms with Crippen LogP contribution in [0.2, 0.25) is 0 Å². The second-order valence-electron chi connectivity index (χ2n) is 5.17. The number of hydrogen-bond acceptors (Lipinski definition) is 5. The number of nitrogen functional groups attached to an aromatic ring is 1. The summed E-state index contributed by atoms with van der Waals surface area (Å²) >= 11 is 0. The molecule has 0 unspecified atom stereocenters. The molecule has 2 N–H and O–H groups in total. The van der Waals surface area contributed by atoms with Crippen LogP contribution in [0.1, 0.15) is 49.4 Å². The van der Waals surface area contributed by atoms with Crippen LogP contribution in [0.5, 0.6) is 0 Å². The van der Waals surface area contributed by atoms with Gasteiger partial charge in [0.25, 0.3) is 0 Å². The molecule has 1 fully saturated rings. The fourth-order valence-electron chi connectivity index (χ4n) is 2.95. The van der Waals surface area contributed by atoms with Gasteiger partial charge >= 0.3 is 5.97 Å². The third kappa shape index (κ3) is 2.86. The highest BCUT2D eigenvalue weighted by Crippen LogP contribution is 2.31. The minimum Gasteiger partial charge on any atom is -0.465 e. The van der Waals surface area contributed by atoms with Gasteiger partial charge in [0.15, 0.2) is 5.82 Å². The van der Waals surface area contributed by atoms with Crippen molar-refractivity contribution >= 4 is 17.5 Å². The zero-order valence-corrected chi connectivity index (χ0v) is 12.3. The molecular formula is C15H23N3O2. The predicted molar refractivity (Wildman–Crippen MR) is 79.9 cm³/mol. The fraction of sp³-hybridized carbons (Fsp3) is 0.600. The van der Waals surface area contributed by atoms with E-state index in [-0.39, 0.29) is 0 Å². The van der Waals surface area contributed by atoms with E-state index in [4.69, 9.17) is 10.5 Å². The number of pyridine rings is 1. The summed E-state index contributed by atoms with van der Waals surface area (Å²) < 4.78 is 4.77. The summed E-state index contributed by atoms with van der Waals surface area (Å²) in [5.41, 5.74) is 6.96. The highest BCUT2D eigenvalue weighted by molar-refractivity contribution is 5.97. The number of carbonyl (C=O) groups excluding carboxylic acids is 1. The monoisotopic (exact) mass is 277 g/mol. The number of methoxy groups -OCH3 is 1. The van der Waals surface area contributed by atoms with Gasteiger partial charge in [-0.1, -0.05) is 19.3 Å². The molecule has 0 saturated heterocycles. The molecule has 0 aliphatic heterocycles. The maximum absolute atomic E-state index is 11.7. The van der Waals surface area contributed by atoms with Crippen molar-refractivity contribution in [2.75, 3.05) is 24.3 Å². The second-order valence-corrected chi connectivity index (χ2v) is 5.17. The van der Waals surface area contributed by atoms with Crippen LogP contribution in [0, 0.1) is 0 Å². The van der Waals surface area contributed by atoms with Gasteiger partial charge < -0.3 is 15.4 Å². The normalized spacial score (nSPS) is 15.9. The lowest BCUT2D eigenvalue weighted by molar-refractivity contribution is 0.0602. The van der Waals surface area contributed by atoms with Gasteiger partial charge in [0.2, 0.25) is 0 Å². The van der Waals surface area contributed by atoms with E-state index >= 15 is 0 Å². The lowest BCUT2D eigenvalue weighted by Crippen LogP contribution is -2.38. The van der Waals surface area contributed by atoms with E-state index in [1.165, 1.54) is 26.4 Å². The van der Waals surface area contributed by atoms with E-state index in [0.29, 0.717) is 23.1 Å². The molecule has 1 heterocycles. The minimum absolute atomic E-state index is 0.395. The molecule has 5 nitrogen and oxygen atoms in total. The number of carbonyl (C=O) groups is 1. The number of ether oxygens (including phenoxy) is 1. The van der Waals surface area contributed by atoms with E-state index in [0.717, 1.165) is 19.4 Å². The Hall–Kier alpha value is -1.78. The Labute approximate surface area is 120 Å². The van der Waals surface area contributed by atoms with E-state index in [9.17, 15) is 4.79 Å². The molecule has 1 aliphatic carbocycles.